The molecule has 1 aromatic heterocycles. The minimum atomic E-state index is 0.626. The zero-order chi connectivity index (χ0) is 14.7. The molecule has 0 unspecified atom stereocenters. The molecule has 5 heteroatoms. The summed E-state index contributed by atoms with van der Waals surface area (Å²) in [5.74, 6) is 1.42. The molecule has 106 valence electrons. The van der Waals surface area contributed by atoms with Gasteiger partial charge in [0.1, 0.15) is 11.6 Å². The van der Waals surface area contributed by atoms with Crippen molar-refractivity contribution in [1.82, 2.24) is 9.97 Å². The molecule has 0 atom stereocenters. The standard InChI is InChI=1S/C16H16N4O/c1-21-15-7-6-11(8-12(15)17)9-19-16-10-18-13-4-2-3-5-14(13)20-16/h2-8,10H,9,17H2,1H3,(H,19,20). The summed E-state index contributed by atoms with van der Waals surface area (Å²) in [6.07, 6.45) is 1.73. The maximum Gasteiger partial charge on any atom is 0.145 e. The molecule has 0 aliphatic heterocycles. The van der Waals surface area contributed by atoms with E-state index < -0.39 is 0 Å². The van der Waals surface area contributed by atoms with Crippen molar-refractivity contribution in [1.29, 1.82) is 0 Å². The fourth-order valence-corrected chi connectivity index (χ4v) is 2.13. The first-order valence-corrected chi connectivity index (χ1v) is 6.64. The Labute approximate surface area is 122 Å². The van der Waals surface area contributed by atoms with Crippen molar-refractivity contribution in [3.8, 4) is 5.75 Å². The molecule has 0 radical (unpaired) electrons. The monoisotopic (exact) mass is 280 g/mol. The van der Waals surface area contributed by atoms with Gasteiger partial charge in [-0.2, -0.15) is 0 Å². The highest BCUT2D eigenvalue weighted by molar-refractivity contribution is 5.75. The number of para-hydroxylation sites is 2. The van der Waals surface area contributed by atoms with E-state index in [-0.39, 0.29) is 0 Å². The van der Waals surface area contributed by atoms with E-state index in [9.17, 15) is 0 Å². The Bertz CT molecular complexity index is 773. The summed E-state index contributed by atoms with van der Waals surface area (Å²) in [5.41, 5.74) is 9.34. The van der Waals surface area contributed by atoms with Gasteiger partial charge in [0.2, 0.25) is 0 Å². The Morgan fingerprint density at radius 2 is 1.95 bits per heavy atom. The predicted molar refractivity (Wildman–Crippen MR) is 84.3 cm³/mol. The fourth-order valence-electron chi connectivity index (χ4n) is 2.13. The minimum Gasteiger partial charge on any atom is -0.495 e. The van der Waals surface area contributed by atoms with Crippen LogP contribution in [0.15, 0.2) is 48.7 Å². The van der Waals surface area contributed by atoms with Gasteiger partial charge in [-0.15, -0.1) is 0 Å². The number of methoxy groups -OCH3 is 1. The number of benzene rings is 2. The van der Waals surface area contributed by atoms with E-state index >= 15 is 0 Å². The second kappa shape index (κ2) is 5.66. The fraction of sp³-hybridized carbons (Fsp3) is 0.125. The van der Waals surface area contributed by atoms with Crippen LogP contribution in [-0.2, 0) is 6.54 Å². The summed E-state index contributed by atoms with van der Waals surface area (Å²) >= 11 is 0. The topological polar surface area (TPSA) is 73.1 Å². The first kappa shape index (κ1) is 13.2. The van der Waals surface area contributed by atoms with E-state index in [2.05, 4.69) is 15.3 Å². The van der Waals surface area contributed by atoms with E-state index in [0.29, 0.717) is 18.0 Å². The van der Waals surface area contributed by atoms with E-state index in [1.165, 1.54) is 0 Å². The molecule has 3 rings (SSSR count). The van der Waals surface area contributed by atoms with Crippen molar-refractivity contribution in [2.45, 2.75) is 6.54 Å². The summed E-state index contributed by atoms with van der Waals surface area (Å²) in [5, 5.41) is 3.25. The molecule has 5 nitrogen and oxygen atoms in total. The van der Waals surface area contributed by atoms with Crippen LogP contribution in [0.3, 0.4) is 0 Å². The molecule has 0 aliphatic rings. The number of aromatic nitrogens is 2. The van der Waals surface area contributed by atoms with Gasteiger partial charge in [0, 0.05) is 6.54 Å². The van der Waals surface area contributed by atoms with Crippen molar-refractivity contribution < 1.29 is 4.74 Å². The summed E-state index contributed by atoms with van der Waals surface area (Å²) < 4.78 is 5.14. The van der Waals surface area contributed by atoms with Gasteiger partial charge in [-0.3, -0.25) is 4.98 Å². The highest BCUT2D eigenvalue weighted by Crippen LogP contribution is 2.22. The summed E-state index contributed by atoms with van der Waals surface area (Å²) in [4.78, 5) is 8.89. The third kappa shape index (κ3) is 2.86. The first-order valence-electron chi connectivity index (χ1n) is 6.64. The molecule has 0 spiro atoms. The van der Waals surface area contributed by atoms with Gasteiger partial charge in [0.05, 0.1) is 30.0 Å². The van der Waals surface area contributed by atoms with Crippen molar-refractivity contribution in [2.24, 2.45) is 0 Å². The zero-order valence-corrected chi connectivity index (χ0v) is 11.7. The van der Waals surface area contributed by atoms with Crippen LogP contribution >= 0.6 is 0 Å². The summed E-state index contributed by atoms with van der Waals surface area (Å²) in [6, 6.07) is 13.5. The lowest BCUT2D eigenvalue weighted by Crippen LogP contribution is -2.03. The second-order valence-corrected chi connectivity index (χ2v) is 4.67. The van der Waals surface area contributed by atoms with Gasteiger partial charge in [0.15, 0.2) is 0 Å². The lowest BCUT2D eigenvalue weighted by Gasteiger charge is -2.09. The predicted octanol–water partition coefficient (Wildman–Crippen LogP) is 2.83. The molecule has 3 N–H and O–H groups in total. The average Bonchev–Trinajstić information content (AvgIpc) is 2.53. The molecule has 0 saturated heterocycles. The van der Waals surface area contributed by atoms with E-state index in [1.54, 1.807) is 13.3 Å². The van der Waals surface area contributed by atoms with E-state index in [0.717, 1.165) is 22.4 Å². The van der Waals surface area contributed by atoms with Crippen molar-refractivity contribution in [3.63, 3.8) is 0 Å². The van der Waals surface area contributed by atoms with Crippen molar-refractivity contribution >= 4 is 22.5 Å². The van der Waals surface area contributed by atoms with E-state index in [4.69, 9.17) is 10.5 Å². The number of nitrogens with two attached hydrogens (primary N) is 1. The number of nitrogens with one attached hydrogen (secondary N) is 1. The molecular weight excluding hydrogens is 264 g/mol. The Hall–Kier alpha value is -2.82. The molecule has 1 heterocycles. The van der Waals surface area contributed by atoms with Crippen LogP contribution in [0, 0.1) is 0 Å². The average molecular weight is 280 g/mol. The molecule has 0 amide bonds. The largest absolute Gasteiger partial charge is 0.495 e. The molecular formula is C16H16N4O. The van der Waals surface area contributed by atoms with Crippen LogP contribution < -0.4 is 15.8 Å². The third-order valence-corrected chi connectivity index (χ3v) is 3.22. The number of fused-ring (bicyclic) bond motifs is 1. The Balaban J connectivity index is 1.75. The van der Waals surface area contributed by atoms with Crippen LogP contribution in [0.5, 0.6) is 5.75 Å². The van der Waals surface area contributed by atoms with Gasteiger partial charge >= 0.3 is 0 Å². The Morgan fingerprint density at radius 3 is 2.71 bits per heavy atom. The lowest BCUT2D eigenvalue weighted by atomic mass is 10.2. The Morgan fingerprint density at radius 1 is 1.14 bits per heavy atom. The van der Waals surface area contributed by atoms with Crippen LogP contribution in [-0.4, -0.2) is 17.1 Å². The maximum atomic E-state index is 5.89. The SMILES string of the molecule is COc1ccc(CNc2cnc3ccccc3n2)cc1N. The molecule has 2 aromatic carbocycles. The quantitative estimate of drug-likeness (QED) is 0.719. The molecule has 3 aromatic rings. The van der Waals surface area contributed by atoms with Crippen molar-refractivity contribution in [3.05, 3.63) is 54.2 Å². The maximum absolute atomic E-state index is 5.89. The molecule has 0 saturated carbocycles. The molecule has 0 bridgehead atoms. The number of hydrogen-bond donors (Lipinski definition) is 2. The summed E-state index contributed by atoms with van der Waals surface area (Å²) in [6.45, 7) is 0.626. The van der Waals surface area contributed by atoms with Gasteiger partial charge in [-0.1, -0.05) is 18.2 Å². The van der Waals surface area contributed by atoms with Gasteiger partial charge in [-0.05, 0) is 29.8 Å². The Kier molecular flexibility index (Phi) is 3.55. The number of nitrogens with zero attached hydrogens (tertiary/aromatic N) is 2. The number of hydrogen-bond acceptors (Lipinski definition) is 5. The van der Waals surface area contributed by atoms with E-state index in [1.807, 2.05) is 42.5 Å². The van der Waals surface area contributed by atoms with Crippen LogP contribution in [0.4, 0.5) is 11.5 Å². The minimum absolute atomic E-state index is 0.626. The third-order valence-electron chi connectivity index (χ3n) is 3.22. The molecule has 0 fully saturated rings. The van der Waals surface area contributed by atoms with Gasteiger partial charge < -0.3 is 15.8 Å². The highest BCUT2D eigenvalue weighted by atomic mass is 16.5. The van der Waals surface area contributed by atoms with Crippen molar-refractivity contribution in [2.75, 3.05) is 18.2 Å². The first-order chi connectivity index (χ1) is 10.3. The van der Waals surface area contributed by atoms with Gasteiger partial charge in [0.25, 0.3) is 0 Å². The normalized spacial score (nSPS) is 10.5. The zero-order valence-electron chi connectivity index (χ0n) is 11.7. The summed E-state index contributed by atoms with van der Waals surface area (Å²) in [7, 11) is 1.61. The van der Waals surface area contributed by atoms with Crippen LogP contribution in [0.25, 0.3) is 11.0 Å². The van der Waals surface area contributed by atoms with Crippen LogP contribution in [0.1, 0.15) is 5.56 Å². The number of rotatable bonds is 4. The lowest BCUT2D eigenvalue weighted by molar-refractivity contribution is 0.417. The number of ether oxygens (including phenoxy) is 1. The van der Waals surface area contributed by atoms with Crippen LogP contribution in [0.2, 0.25) is 0 Å². The second-order valence-electron chi connectivity index (χ2n) is 4.67. The molecule has 0 aliphatic carbocycles. The smallest absolute Gasteiger partial charge is 0.145 e. The van der Waals surface area contributed by atoms with Gasteiger partial charge in [-0.25, -0.2) is 4.98 Å². The highest BCUT2D eigenvalue weighted by Gasteiger charge is 2.02. The number of nitrogen functional groups attached to an aromatic ring is 1. The number of anilines is 2. The molecule has 21 heavy (non-hydrogen) atoms.